The quantitative estimate of drug-likeness (QED) is 0.776. The average molecular weight is 394 g/mol. The van der Waals surface area contributed by atoms with E-state index in [4.69, 9.17) is 0 Å². The van der Waals surface area contributed by atoms with Crippen LogP contribution < -0.4 is 10.0 Å². The third-order valence-corrected chi connectivity index (χ3v) is 4.45. The van der Waals surface area contributed by atoms with E-state index in [1.165, 1.54) is 0 Å². The molecule has 11 heteroatoms. The third kappa shape index (κ3) is 4.48. The van der Waals surface area contributed by atoms with Crippen molar-refractivity contribution in [1.82, 2.24) is 0 Å². The SMILES string of the molecule is CC(=O)Nc1ccc(NS(=O)(=O)c2ccc(F)c(F)c2)c(C(F)(F)F)c1. The Labute approximate surface area is 144 Å². The van der Waals surface area contributed by atoms with Crippen LogP contribution in [0.1, 0.15) is 12.5 Å². The van der Waals surface area contributed by atoms with Crippen LogP contribution in [0.15, 0.2) is 41.3 Å². The van der Waals surface area contributed by atoms with Crippen LogP contribution >= 0.6 is 0 Å². The summed E-state index contributed by atoms with van der Waals surface area (Å²) in [6, 6.07) is 3.99. The highest BCUT2D eigenvalue weighted by molar-refractivity contribution is 7.92. The minimum absolute atomic E-state index is 0.194. The minimum Gasteiger partial charge on any atom is -0.326 e. The Morgan fingerprint density at radius 2 is 1.65 bits per heavy atom. The van der Waals surface area contributed by atoms with Crippen LogP contribution in [0.25, 0.3) is 0 Å². The van der Waals surface area contributed by atoms with Crippen LogP contribution in [-0.2, 0) is 21.0 Å². The van der Waals surface area contributed by atoms with Crippen LogP contribution in [-0.4, -0.2) is 14.3 Å². The number of alkyl halides is 3. The zero-order chi connectivity index (χ0) is 19.7. The fraction of sp³-hybridized carbons (Fsp3) is 0.133. The fourth-order valence-electron chi connectivity index (χ4n) is 2.00. The molecule has 2 aromatic carbocycles. The van der Waals surface area contributed by atoms with Crippen molar-refractivity contribution in [3.05, 3.63) is 53.6 Å². The fourth-order valence-corrected chi connectivity index (χ4v) is 3.09. The standard InChI is InChI=1S/C15H11F5N2O3S/c1-8(23)21-9-2-5-14(11(6-9)15(18,19)20)22-26(24,25)10-3-4-12(16)13(17)7-10/h2-7,22H,1H3,(H,21,23). The average Bonchev–Trinajstić information content (AvgIpc) is 2.49. The number of benzene rings is 2. The van der Waals surface area contributed by atoms with E-state index in [0.717, 1.165) is 19.1 Å². The van der Waals surface area contributed by atoms with Gasteiger partial charge in [0.15, 0.2) is 11.6 Å². The van der Waals surface area contributed by atoms with Crippen LogP contribution in [0.5, 0.6) is 0 Å². The van der Waals surface area contributed by atoms with E-state index < -0.39 is 49.9 Å². The lowest BCUT2D eigenvalue weighted by Crippen LogP contribution is -2.18. The molecule has 0 aliphatic carbocycles. The predicted octanol–water partition coefficient (Wildman–Crippen LogP) is 3.74. The van der Waals surface area contributed by atoms with Crippen molar-refractivity contribution in [3.63, 3.8) is 0 Å². The number of sulfonamides is 1. The van der Waals surface area contributed by atoms with Crippen molar-refractivity contribution in [1.29, 1.82) is 0 Å². The smallest absolute Gasteiger partial charge is 0.326 e. The molecule has 140 valence electrons. The lowest BCUT2D eigenvalue weighted by atomic mass is 10.1. The summed E-state index contributed by atoms with van der Waals surface area (Å²) < 4.78 is 91.7. The molecular formula is C15H11F5N2O3S. The van der Waals surface area contributed by atoms with Crippen molar-refractivity contribution < 1.29 is 35.2 Å². The van der Waals surface area contributed by atoms with Gasteiger partial charge in [-0.1, -0.05) is 0 Å². The lowest BCUT2D eigenvalue weighted by Gasteiger charge is -2.16. The second kappa shape index (κ2) is 6.90. The second-order valence-corrected chi connectivity index (χ2v) is 6.80. The predicted molar refractivity (Wildman–Crippen MR) is 82.9 cm³/mol. The summed E-state index contributed by atoms with van der Waals surface area (Å²) in [5.41, 5.74) is -2.40. The number of amides is 1. The molecule has 1 amide bonds. The van der Waals surface area contributed by atoms with Gasteiger partial charge in [-0.05, 0) is 36.4 Å². The van der Waals surface area contributed by atoms with Crippen molar-refractivity contribution in [2.45, 2.75) is 18.0 Å². The molecule has 2 N–H and O–H groups in total. The van der Waals surface area contributed by atoms with Gasteiger partial charge in [0.2, 0.25) is 5.91 Å². The van der Waals surface area contributed by atoms with Gasteiger partial charge in [-0.3, -0.25) is 9.52 Å². The molecule has 0 saturated carbocycles. The van der Waals surface area contributed by atoms with Gasteiger partial charge in [0, 0.05) is 12.6 Å². The normalized spacial score (nSPS) is 11.9. The Morgan fingerprint density at radius 3 is 2.19 bits per heavy atom. The molecule has 0 fully saturated rings. The monoisotopic (exact) mass is 394 g/mol. The molecule has 0 heterocycles. The molecule has 5 nitrogen and oxygen atoms in total. The van der Waals surface area contributed by atoms with Crippen molar-refractivity contribution in [3.8, 4) is 0 Å². The molecular weight excluding hydrogens is 383 g/mol. The van der Waals surface area contributed by atoms with E-state index in [-0.39, 0.29) is 5.69 Å². The number of hydrogen-bond acceptors (Lipinski definition) is 3. The van der Waals surface area contributed by atoms with Crippen LogP contribution in [0.4, 0.5) is 33.3 Å². The number of nitrogens with one attached hydrogen (secondary N) is 2. The van der Waals surface area contributed by atoms with Gasteiger partial charge >= 0.3 is 6.18 Å². The van der Waals surface area contributed by atoms with Crippen molar-refractivity contribution >= 4 is 27.3 Å². The molecule has 0 unspecified atom stereocenters. The number of anilines is 2. The molecule has 2 rings (SSSR count). The zero-order valence-electron chi connectivity index (χ0n) is 13.0. The summed E-state index contributed by atoms with van der Waals surface area (Å²) in [5, 5.41) is 2.15. The van der Waals surface area contributed by atoms with E-state index in [2.05, 4.69) is 5.32 Å². The molecule has 0 spiro atoms. The largest absolute Gasteiger partial charge is 0.418 e. The maximum atomic E-state index is 13.2. The topological polar surface area (TPSA) is 75.3 Å². The van der Waals surface area contributed by atoms with Crippen molar-refractivity contribution in [2.24, 2.45) is 0 Å². The highest BCUT2D eigenvalue weighted by Gasteiger charge is 2.35. The molecule has 26 heavy (non-hydrogen) atoms. The lowest BCUT2D eigenvalue weighted by molar-refractivity contribution is -0.136. The molecule has 0 aliphatic heterocycles. The molecule has 0 aliphatic rings. The summed E-state index contributed by atoms with van der Waals surface area (Å²) in [5.74, 6) is -3.39. The third-order valence-electron chi connectivity index (χ3n) is 3.09. The van der Waals surface area contributed by atoms with Gasteiger partial charge in [0.1, 0.15) is 0 Å². The Balaban J connectivity index is 2.47. The number of carbonyl (C=O) groups excluding carboxylic acids is 1. The number of halogens is 5. The Kier molecular flexibility index (Phi) is 5.21. The second-order valence-electron chi connectivity index (χ2n) is 5.12. The maximum absolute atomic E-state index is 13.2. The molecule has 0 radical (unpaired) electrons. The maximum Gasteiger partial charge on any atom is 0.418 e. The van der Waals surface area contributed by atoms with E-state index in [1.807, 2.05) is 0 Å². The summed E-state index contributed by atoms with van der Waals surface area (Å²) >= 11 is 0. The molecule has 0 atom stereocenters. The Hall–Kier alpha value is -2.69. The highest BCUT2D eigenvalue weighted by Crippen LogP contribution is 2.37. The molecule has 0 aromatic heterocycles. The van der Waals surface area contributed by atoms with E-state index in [1.54, 1.807) is 4.72 Å². The van der Waals surface area contributed by atoms with Gasteiger partial charge in [-0.25, -0.2) is 17.2 Å². The van der Waals surface area contributed by atoms with Gasteiger partial charge < -0.3 is 5.32 Å². The van der Waals surface area contributed by atoms with Crippen LogP contribution in [0.2, 0.25) is 0 Å². The zero-order valence-corrected chi connectivity index (χ0v) is 13.8. The first-order valence-corrected chi connectivity index (χ1v) is 8.35. The molecule has 0 bridgehead atoms. The molecule has 2 aromatic rings. The van der Waals surface area contributed by atoms with Gasteiger partial charge in [0.05, 0.1) is 16.1 Å². The van der Waals surface area contributed by atoms with Crippen molar-refractivity contribution in [2.75, 3.05) is 10.0 Å². The summed E-state index contributed by atoms with van der Waals surface area (Å²) in [7, 11) is -4.62. The first kappa shape index (κ1) is 19.6. The van der Waals surface area contributed by atoms with Crippen LogP contribution in [0.3, 0.4) is 0 Å². The molecule has 0 saturated heterocycles. The summed E-state index contributed by atoms with van der Waals surface area (Å²) in [6.07, 6.45) is -4.94. The van der Waals surface area contributed by atoms with Gasteiger partial charge in [-0.15, -0.1) is 0 Å². The van der Waals surface area contributed by atoms with E-state index >= 15 is 0 Å². The van der Waals surface area contributed by atoms with Gasteiger partial charge in [-0.2, -0.15) is 13.2 Å². The van der Waals surface area contributed by atoms with Crippen LogP contribution in [0, 0.1) is 11.6 Å². The van der Waals surface area contributed by atoms with Gasteiger partial charge in [0.25, 0.3) is 10.0 Å². The summed E-state index contributed by atoms with van der Waals surface area (Å²) in [6.45, 7) is 1.09. The number of rotatable bonds is 4. The number of hydrogen-bond donors (Lipinski definition) is 2. The minimum atomic E-state index is -4.94. The Bertz CT molecular complexity index is 958. The first-order chi connectivity index (χ1) is 11.9. The highest BCUT2D eigenvalue weighted by atomic mass is 32.2. The number of carbonyl (C=O) groups is 1. The Morgan fingerprint density at radius 1 is 1.00 bits per heavy atom. The van der Waals surface area contributed by atoms with E-state index in [0.29, 0.717) is 24.3 Å². The van der Waals surface area contributed by atoms with E-state index in [9.17, 15) is 35.2 Å². The first-order valence-electron chi connectivity index (χ1n) is 6.87. The summed E-state index contributed by atoms with van der Waals surface area (Å²) in [4.78, 5) is 10.2.